The summed E-state index contributed by atoms with van der Waals surface area (Å²) in [5.74, 6) is 1.72. The lowest BCUT2D eigenvalue weighted by Crippen LogP contribution is -2.20. The van der Waals surface area contributed by atoms with Gasteiger partial charge in [0, 0.05) is 17.9 Å². The van der Waals surface area contributed by atoms with Crippen LogP contribution in [0.3, 0.4) is 0 Å². The van der Waals surface area contributed by atoms with Crippen molar-refractivity contribution in [3.8, 4) is 0 Å². The molecule has 2 heterocycles. The third kappa shape index (κ3) is 3.94. The number of nitrogens with zero attached hydrogens (tertiary/aromatic N) is 4. The number of nitrogens with one attached hydrogen (secondary N) is 1. The zero-order valence-electron chi connectivity index (χ0n) is 13.6. The standard InChI is InChI=1S/C16H25BrN6/c1-2-3-7-19-16-21-14(18)13-15(22-16)23(10-20-13)9-11-5-4-6-12(17)8-11/h10-12H,2-9H2,1H3,(H3,18,19,21,22)/t11?,12-/m1/s1. The van der Waals surface area contributed by atoms with E-state index >= 15 is 0 Å². The Balaban J connectivity index is 1.80. The highest BCUT2D eigenvalue weighted by atomic mass is 79.9. The van der Waals surface area contributed by atoms with Crippen LogP contribution in [-0.4, -0.2) is 30.9 Å². The fraction of sp³-hybridized carbons (Fsp3) is 0.688. The normalized spacial score (nSPS) is 21.7. The minimum Gasteiger partial charge on any atom is -0.382 e. The summed E-state index contributed by atoms with van der Waals surface area (Å²) in [6, 6.07) is 0. The van der Waals surface area contributed by atoms with Gasteiger partial charge in [-0.1, -0.05) is 35.7 Å². The van der Waals surface area contributed by atoms with Crippen molar-refractivity contribution >= 4 is 38.9 Å². The second kappa shape index (κ2) is 7.47. The van der Waals surface area contributed by atoms with Crippen LogP contribution < -0.4 is 11.1 Å². The molecule has 0 aromatic carbocycles. The number of nitrogen functional groups attached to an aromatic ring is 1. The summed E-state index contributed by atoms with van der Waals surface area (Å²) >= 11 is 3.76. The van der Waals surface area contributed by atoms with Gasteiger partial charge in [-0.25, -0.2) is 4.98 Å². The number of imidazole rings is 1. The van der Waals surface area contributed by atoms with Gasteiger partial charge in [-0.2, -0.15) is 9.97 Å². The fourth-order valence-corrected chi connectivity index (χ4v) is 4.08. The molecule has 1 aliphatic rings. The Labute approximate surface area is 145 Å². The summed E-state index contributed by atoms with van der Waals surface area (Å²) < 4.78 is 2.13. The van der Waals surface area contributed by atoms with E-state index in [1.54, 1.807) is 0 Å². The van der Waals surface area contributed by atoms with Crippen molar-refractivity contribution in [2.45, 2.75) is 56.8 Å². The summed E-state index contributed by atoms with van der Waals surface area (Å²) in [6.45, 7) is 3.98. The molecule has 23 heavy (non-hydrogen) atoms. The first kappa shape index (κ1) is 16.5. The number of anilines is 2. The molecular formula is C16H25BrN6. The van der Waals surface area contributed by atoms with Gasteiger partial charge in [0.05, 0.1) is 6.33 Å². The molecule has 1 saturated carbocycles. The molecule has 0 bridgehead atoms. The van der Waals surface area contributed by atoms with Gasteiger partial charge in [0.2, 0.25) is 5.95 Å². The fourth-order valence-electron chi connectivity index (χ4n) is 3.23. The first-order chi connectivity index (χ1) is 11.2. The smallest absolute Gasteiger partial charge is 0.226 e. The number of hydrogen-bond acceptors (Lipinski definition) is 5. The summed E-state index contributed by atoms with van der Waals surface area (Å²) in [4.78, 5) is 14.0. The number of rotatable bonds is 6. The first-order valence-corrected chi connectivity index (χ1v) is 9.45. The van der Waals surface area contributed by atoms with E-state index in [2.05, 4.69) is 47.7 Å². The molecule has 0 amide bonds. The molecule has 0 spiro atoms. The average molecular weight is 381 g/mol. The highest BCUT2D eigenvalue weighted by Gasteiger charge is 2.21. The van der Waals surface area contributed by atoms with Crippen molar-refractivity contribution in [3.63, 3.8) is 0 Å². The maximum atomic E-state index is 6.06. The average Bonchev–Trinajstić information content (AvgIpc) is 2.91. The van der Waals surface area contributed by atoms with E-state index in [1.165, 1.54) is 25.7 Å². The van der Waals surface area contributed by atoms with E-state index in [0.717, 1.165) is 31.6 Å². The van der Waals surface area contributed by atoms with Gasteiger partial charge in [-0.3, -0.25) is 0 Å². The number of hydrogen-bond donors (Lipinski definition) is 2. The van der Waals surface area contributed by atoms with Crippen molar-refractivity contribution < 1.29 is 0 Å². The molecule has 2 atom stereocenters. The van der Waals surface area contributed by atoms with Crippen molar-refractivity contribution in [1.82, 2.24) is 19.5 Å². The van der Waals surface area contributed by atoms with Crippen molar-refractivity contribution in [1.29, 1.82) is 0 Å². The van der Waals surface area contributed by atoms with E-state index in [-0.39, 0.29) is 0 Å². The Kier molecular flexibility index (Phi) is 5.35. The van der Waals surface area contributed by atoms with Gasteiger partial charge in [0.1, 0.15) is 5.52 Å². The molecule has 3 N–H and O–H groups in total. The number of alkyl halides is 1. The number of fused-ring (bicyclic) bond motifs is 1. The Morgan fingerprint density at radius 2 is 2.26 bits per heavy atom. The van der Waals surface area contributed by atoms with Crippen LogP contribution in [0.25, 0.3) is 11.2 Å². The predicted octanol–water partition coefficient (Wildman–Crippen LogP) is 3.57. The number of aromatic nitrogens is 4. The Hall–Kier alpha value is -1.37. The van der Waals surface area contributed by atoms with E-state index < -0.39 is 0 Å². The first-order valence-electron chi connectivity index (χ1n) is 8.53. The van der Waals surface area contributed by atoms with Crippen molar-refractivity contribution in [2.24, 2.45) is 5.92 Å². The summed E-state index contributed by atoms with van der Waals surface area (Å²) in [5, 5.41) is 3.26. The molecule has 7 heteroatoms. The van der Waals surface area contributed by atoms with E-state index in [9.17, 15) is 0 Å². The van der Waals surface area contributed by atoms with Crippen LogP contribution in [0.2, 0.25) is 0 Å². The maximum absolute atomic E-state index is 6.06. The van der Waals surface area contributed by atoms with E-state index in [0.29, 0.717) is 28.0 Å². The van der Waals surface area contributed by atoms with E-state index in [1.807, 2.05) is 6.33 Å². The molecule has 0 radical (unpaired) electrons. The van der Waals surface area contributed by atoms with Crippen molar-refractivity contribution in [3.05, 3.63) is 6.33 Å². The molecule has 0 aliphatic heterocycles. The molecule has 6 nitrogen and oxygen atoms in total. The van der Waals surface area contributed by atoms with Gasteiger partial charge in [-0.05, 0) is 31.6 Å². The zero-order chi connectivity index (χ0) is 16.2. The maximum Gasteiger partial charge on any atom is 0.226 e. The molecule has 1 fully saturated rings. The second-order valence-corrected chi connectivity index (χ2v) is 7.71. The Morgan fingerprint density at radius 1 is 1.39 bits per heavy atom. The van der Waals surface area contributed by atoms with Crippen LogP contribution in [0.15, 0.2) is 6.33 Å². The lowest BCUT2D eigenvalue weighted by Gasteiger charge is -2.25. The van der Waals surface area contributed by atoms with Crippen molar-refractivity contribution in [2.75, 3.05) is 17.6 Å². The Morgan fingerprint density at radius 3 is 3.04 bits per heavy atom. The third-order valence-electron chi connectivity index (χ3n) is 4.48. The lowest BCUT2D eigenvalue weighted by molar-refractivity contribution is 0.331. The number of halogens is 1. The van der Waals surface area contributed by atoms with Crippen LogP contribution in [0.5, 0.6) is 0 Å². The highest BCUT2D eigenvalue weighted by molar-refractivity contribution is 9.09. The Bertz CT molecular complexity index is 655. The van der Waals surface area contributed by atoms with Gasteiger partial charge in [0.15, 0.2) is 11.5 Å². The van der Waals surface area contributed by atoms with Gasteiger partial charge in [-0.15, -0.1) is 0 Å². The molecule has 1 aliphatic carbocycles. The molecule has 2 aromatic rings. The molecular weight excluding hydrogens is 356 g/mol. The molecule has 0 saturated heterocycles. The molecule has 1 unspecified atom stereocenters. The van der Waals surface area contributed by atoms with Gasteiger partial charge in [0.25, 0.3) is 0 Å². The SMILES string of the molecule is CCCCNc1nc(N)c2ncn(CC3CCC[C@@H](Br)C3)c2n1. The largest absolute Gasteiger partial charge is 0.382 e. The lowest BCUT2D eigenvalue weighted by atomic mass is 9.89. The number of nitrogens with two attached hydrogens (primary N) is 1. The highest BCUT2D eigenvalue weighted by Crippen LogP contribution is 2.31. The van der Waals surface area contributed by atoms with Crippen LogP contribution in [0.1, 0.15) is 45.4 Å². The van der Waals surface area contributed by atoms with E-state index in [4.69, 9.17) is 5.73 Å². The molecule has 126 valence electrons. The zero-order valence-corrected chi connectivity index (χ0v) is 15.2. The molecule has 3 rings (SSSR count). The van der Waals surface area contributed by atoms with Gasteiger partial charge >= 0.3 is 0 Å². The minimum atomic E-state index is 0.453. The third-order valence-corrected chi connectivity index (χ3v) is 5.31. The molecule has 2 aromatic heterocycles. The second-order valence-electron chi connectivity index (χ2n) is 6.41. The summed E-state index contributed by atoms with van der Waals surface area (Å²) in [6.07, 6.45) is 9.12. The summed E-state index contributed by atoms with van der Waals surface area (Å²) in [7, 11) is 0. The monoisotopic (exact) mass is 380 g/mol. The van der Waals surface area contributed by atoms with Crippen LogP contribution in [-0.2, 0) is 6.54 Å². The van der Waals surface area contributed by atoms with Crippen LogP contribution >= 0.6 is 15.9 Å². The van der Waals surface area contributed by atoms with Gasteiger partial charge < -0.3 is 15.6 Å². The predicted molar refractivity (Wildman–Crippen MR) is 97.8 cm³/mol. The topological polar surface area (TPSA) is 81.6 Å². The quantitative estimate of drug-likeness (QED) is 0.591. The van der Waals surface area contributed by atoms with Crippen LogP contribution in [0, 0.1) is 5.92 Å². The summed E-state index contributed by atoms with van der Waals surface area (Å²) in [5.41, 5.74) is 7.60. The number of unbranched alkanes of at least 4 members (excludes halogenated alkanes) is 1. The van der Waals surface area contributed by atoms with Crippen LogP contribution in [0.4, 0.5) is 11.8 Å². The minimum absolute atomic E-state index is 0.453.